The largest absolute Gasteiger partial charge is 0.466 e. The number of carbonyl (C=O) groups excluding carboxylic acids is 4. The fraction of sp³-hybridized carbons (Fsp3) is 0.886. The molecule has 0 aromatic rings. The van der Waals surface area contributed by atoms with Gasteiger partial charge >= 0.3 is 11.9 Å². The van der Waals surface area contributed by atoms with Crippen LogP contribution >= 0.6 is 0 Å². The summed E-state index contributed by atoms with van der Waals surface area (Å²) in [6.45, 7) is 13.8. The summed E-state index contributed by atoms with van der Waals surface area (Å²) in [6.07, 6.45) is 4.21. The molecule has 0 aliphatic carbocycles. The van der Waals surface area contributed by atoms with Gasteiger partial charge in [-0.3, -0.25) is 19.3 Å². The maximum atomic E-state index is 12.3. The van der Waals surface area contributed by atoms with Gasteiger partial charge in [-0.2, -0.15) is 0 Å². The second kappa shape index (κ2) is 33.9. The highest BCUT2D eigenvalue weighted by Gasteiger charge is 2.23. The van der Waals surface area contributed by atoms with Gasteiger partial charge in [0.15, 0.2) is 0 Å². The molecule has 0 aliphatic rings. The zero-order chi connectivity index (χ0) is 39.8. The lowest BCUT2D eigenvalue weighted by atomic mass is 9.91. The fourth-order valence-electron chi connectivity index (χ4n) is 4.36. The van der Waals surface area contributed by atoms with Gasteiger partial charge in [0.1, 0.15) is 19.0 Å². The molecule has 0 saturated heterocycles. The normalized spacial score (nSPS) is 13.5. The van der Waals surface area contributed by atoms with Crippen molar-refractivity contribution in [3.63, 3.8) is 0 Å². The van der Waals surface area contributed by atoms with Gasteiger partial charge in [-0.1, -0.05) is 27.2 Å². The van der Waals surface area contributed by atoms with Crippen molar-refractivity contribution >= 4 is 24.1 Å². The molecule has 4 atom stereocenters. The third-order valence-corrected chi connectivity index (χ3v) is 7.37. The number of amides is 1. The number of ether oxygens (including phenoxy) is 2. The molecule has 0 fully saturated rings. The van der Waals surface area contributed by atoms with Crippen molar-refractivity contribution in [1.82, 2.24) is 10.2 Å². The molecule has 0 heterocycles. The number of esters is 2. The van der Waals surface area contributed by atoms with Crippen LogP contribution in [0.4, 0.5) is 0 Å². The van der Waals surface area contributed by atoms with Crippen molar-refractivity contribution in [3.05, 3.63) is 0 Å². The fourth-order valence-corrected chi connectivity index (χ4v) is 4.36. The quantitative estimate of drug-likeness (QED) is 0.0392. The summed E-state index contributed by atoms with van der Waals surface area (Å²) >= 11 is 0. The third-order valence-electron chi connectivity index (χ3n) is 7.37. The Morgan fingerprint density at radius 3 is 1.86 bits per heavy atom. The van der Waals surface area contributed by atoms with Crippen LogP contribution in [0.25, 0.3) is 0 Å². The molecule has 4 unspecified atom stereocenters. The average molecular weight is 726 g/mol. The predicted molar refractivity (Wildman–Crippen MR) is 197 cm³/mol. The minimum atomic E-state index is -1.20. The van der Waals surface area contributed by atoms with Crippen LogP contribution in [0.5, 0.6) is 0 Å². The van der Waals surface area contributed by atoms with Crippen molar-refractivity contribution in [3.8, 4) is 0 Å². The van der Waals surface area contributed by atoms with Crippen LogP contribution in [0.2, 0.25) is 0 Å². The van der Waals surface area contributed by atoms with Gasteiger partial charge in [-0.05, 0) is 97.7 Å². The van der Waals surface area contributed by atoms with E-state index in [-0.39, 0.29) is 55.3 Å². The van der Waals surface area contributed by atoms with Gasteiger partial charge in [0, 0.05) is 32.7 Å². The van der Waals surface area contributed by atoms with Gasteiger partial charge in [0.05, 0.1) is 31.2 Å². The summed E-state index contributed by atoms with van der Waals surface area (Å²) in [5.74, 6) is -1.09. The minimum Gasteiger partial charge on any atom is -0.466 e. The molecule has 0 spiro atoms. The van der Waals surface area contributed by atoms with E-state index < -0.39 is 30.3 Å². The number of nitrogens with two attached hydrogens (primary N) is 3. The molecule has 15 heteroatoms. The molecular formula is C35H75N5O10. The molecule has 50 heavy (non-hydrogen) atoms. The van der Waals surface area contributed by atoms with E-state index in [0.717, 1.165) is 39.8 Å². The smallest absolute Gasteiger partial charge is 0.307 e. The Hall–Kier alpha value is -2.24. The predicted octanol–water partition coefficient (Wildman–Crippen LogP) is 0.994. The first-order valence-corrected chi connectivity index (χ1v) is 17.6. The summed E-state index contributed by atoms with van der Waals surface area (Å²) in [5.41, 5.74) is 15.7. The number of hydrogen-bond acceptors (Lipinski definition) is 14. The van der Waals surface area contributed by atoms with Gasteiger partial charge in [0.25, 0.3) is 0 Å². The van der Waals surface area contributed by atoms with E-state index in [1.807, 2.05) is 20.8 Å². The Bertz CT molecular complexity index is 838. The second-order valence-electron chi connectivity index (χ2n) is 13.8. The lowest BCUT2D eigenvalue weighted by Crippen LogP contribution is -2.46. The van der Waals surface area contributed by atoms with Gasteiger partial charge in [-0.25, -0.2) is 0 Å². The highest BCUT2D eigenvalue weighted by molar-refractivity contribution is 5.84. The summed E-state index contributed by atoms with van der Waals surface area (Å²) in [6, 6.07) is -1.24. The number of aliphatic hydroxyl groups is 4. The van der Waals surface area contributed by atoms with Crippen LogP contribution in [-0.2, 0) is 28.7 Å². The Labute approximate surface area is 302 Å². The van der Waals surface area contributed by atoms with E-state index >= 15 is 0 Å². The van der Waals surface area contributed by atoms with E-state index in [1.54, 1.807) is 0 Å². The number of carbonyl (C=O) groups is 4. The first-order valence-electron chi connectivity index (χ1n) is 17.6. The molecule has 0 bridgehead atoms. The van der Waals surface area contributed by atoms with Gasteiger partial charge in [-0.15, -0.1) is 0 Å². The third kappa shape index (κ3) is 32.9. The highest BCUT2D eigenvalue weighted by Crippen LogP contribution is 2.21. The number of nitrogens with one attached hydrogen (secondary N) is 1. The highest BCUT2D eigenvalue weighted by atomic mass is 16.5. The zero-order valence-corrected chi connectivity index (χ0v) is 32.6. The van der Waals surface area contributed by atoms with Gasteiger partial charge < -0.3 is 57.2 Å². The molecule has 0 radical (unpaired) electrons. The van der Waals surface area contributed by atoms with E-state index in [1.165, 1.54) is 7.05 Å². The topological polar surface area (TPSA) is 261 Å². The first-order chi connectivity index (χ1) is 23.5. The molecular weight excluding hydrogens is 650 g/mol. The molecule has 11 N–H and O–H groups in total. The Morgan fingerprint density at radius 2 is 1.34 bits per heavy atom. The summed E-state index contributed by atoms with van der Waals surface area (Å²) in [7, 11) is 3.50. The van der Waals surface area contributed by atoms with Crippen molar-refractivity contribution in [2.24, 2.45) is 22.6 Å². The number of nitrogens with zero attached hydrogens (tertiary/aromatic N) is 1. The van der Waals surface area contributed by atoms with Crippen molar-refractivity contribution in [2.75, 3.05) is 54.1 Å². The number of hydrogen-bond donors (Lipinski definition) is 8. The molecule has 300 valence electrons. The summed E-state index contributed by atoms with van der Waals surface area (Å²) < 4.78 is 10.4. The van der Waals surface area contributed by atoms with Crippen LogP contribution in [0.3, 0.4) is 0 Å². The van der Waals surface area contributed by atoms with E-state index in [0.29, 0.717) is 51.7 Å². The Morgan fingerprint density at radius 1 is 0.780 bits per heavy atom. The number of aliphatic hydroxyl groups excluding tert-OH is 4. The molecule has 1 amide bonds. The van der Waals surface area contributed by atoms with Crippen LogP contribution in [0.1, 0.15) is 112 Å². The summed E-state index contributed by atoms with van der Waals surface area (Å²) in [4.78, 5) is 50.1. The monoisotopic (exact) mass is 726 g/mol. The molecule has 0 rings (SSSR count). The zero-order valence-electron chi connectivity index (χ0n) is 32.6. The van der Waals surface area contributed by atoms with Crippen LogP contribution < -0.4 is 22.5 Å². The molecule has 0 aromatic heterocycles. The average Bonchev–Trinajstić information content (AvgIpc) is 3.08. The Balaban J connectivity index is -0.00000166. The van der Waals surface area contributed by atoms with Gasteiger partial charge in [0.2, 0.25) is 5.91 Å². The first kappa shape index (κ1) is 54.5. The lowest BCUT2D eigenvalue weighted by molar-refractivity contribution is -0.150. The van der Waals surface area contributed by atoms with Crippen LogP contribution in [0.15, 0.2) is 0 Å². The second-order valence-corrected chi connectivity index (χ2v) is 13.8. The number of unbranched alkanes of at least 4 members (excludes halogenated alkanes) is 2. The number of aldehydes is 1. The van der Waals surface area contributed by atoms with Crippen molar-refractivity contribution < 1.29 is 49.1 Å². The van der Waals surface area contributed by atoms with Crippen LogP contribution in [0, 0.1) is 5.41 Å². The SMILES string of the molecule is CC(C)(C)CCC(=O)OCC(O)C(O)CCCOC(=O)CCN(CCCCC(C=O)NC(=O)C(N)CCCCN)C(C)(C)C.CN.CO.CO. The molecule has 0 aliphatic heterocycles. The van der Waals surface area contributed by atoms with Crippen molar-refractivity contribution in [2.45, 2.75) is 142 Å². The standard InChI is InChI=1S/C32H62N4O8.CH5N.2CH4O/c1-31(2,3)17-15-28(40)44-23-27(39)26(38)14-11-21-43-29(41)16-20-36(32(4,5)6)19-10-8-12-24(22-37)35-30(42)25(34)13-7-9-18-33;3*1-2/h22,24-27,38-39H,7-21,23,33-34H2,1-6H3,(H,35,42);2H2,1H3;2*2H,1H3. The maximum absolute atomic E-state index is 12.3. The summed E-state index contributed by atoms with van der Waals surface area (Å²) in [5, 5.41) is 36.9. The molecule has 0 saturated carbocycles. The number of rotatable bonds is 24. The molecule has 0 aromatic carbocycles. The Kier molecular flexibility index (Phi) is 37.0. The lowest BCUT2D eigenvalue weighted by Gasteiger charge is -2.35. The van der Waals surface area contributed by atoms with Crippen LogP contribution in [-0.4, -0.2) is 133 Å². The maximum Gasteiger partial charge on any atom is 0.307 e. The van der Waals surface area contributed by atoms with E-state index in [4.69, 9.17) is 31.2 Å². The van der Waals surface area contributed by atoms with E-state index in [2.05, 4.69) is 36.7 Å². The van der Waals surface area contributed by atoms with Crippen molar-refractivity contribution in [1.29, 1.82) is 0 Å². The van der Waals surface area contributed by atoms with E-state index in [9.17, 15) is 29.4 Å². The molecule has 15 nitrogen and oxygen atoms in total. The minimum absolute atomic E-state index is 0.00287.